The Bertz CT molecular complexity index is 992. The Labute approximate surface area is 209 Å². The average molecular weight is 486 g/mol. The molecule has 7 heteroatoms. The average Bonchev–Trinajstić information content (AvgIpc) is 3.02. The summed E-state index contributed by atoms with van der Waals surface area (Å²) >= 11 is 0. The lowest BCUT2D eigenvalue weighted by Crippen LogP contribution is -2.42. The van der Waals surface area contributed by atoms with Crippen LogP contribution in [0.5, 0.6) is 0 Å². The summed E-state index contributed by atoms with van der Waals surface area (Å²) in [7, 11) is 1.61. The summed E-state index contributed by atoms with van der Waals surface area (Å²) in [5.74, 6) is -0.608. The van der Waals surface area contributed by atoms with Crippen molar-refractivity contribution in [2.75, 3.05) is 20.3 Å². The number of methoxy groups -OCH3 is 1. The highest BCUT2D eigenvalue weighted by Gasteiger charge is 2.51. The normalized spacial score (nSPS) is 26.7. The van der Waals surface area contributed by atoms with E-state index < -0.39 is 5.43 Å². The van der Waals surface area contributed by atoms with Gasteiger partial charge < -0.3 is 19.5 Å². The highest BCUT2D eigenvalue weighted by Crippen LogP contribution is 2.52. The van der Waals surface area contributed by atoms with Gasteiger partial charge in [0.15, 0.2) is 0 Å². The molecule has 4 rings (SSSR count). The van der Waals surface area contributed by atoms with Gasteiger partial charge in [0.1, 0.15) is 11.1 Å². The Morgan fingerprint density at radius 2 is 1.69 bits per heavy atom. The van der Waals surface area contributed by atoms with E-state index >= 15 is 0 Å². The lowest BCUT2D eigenvalue weighted by Gasteiger charge is -2.39. The van der Waals surface area contributed by atoms with Crippen LogP contribution in [0.15, 0.2) is 17.2 Å². The standard InChI is InChI=1S/C28H43N3O4/c1-27(2)14-21-15-28(3,18-27)19-31(21)26(34)23-17-30(12-13-35-4)16-22(24(23)32)25(33)29-20-10-8-6-5-7-9-11-20/h16-17,20-21H,5-15,18-19H2,1-4H3,(H,29,33)/t21-,28-/m1/s1. The maximum absolute atomic E-state index is 13.8. The number of hydrogen-bond donors (Lipinski definition) is 1. The van der Waals surface area contributed by atoms with E-state index in [0.717, 1.165) is 44.9 Å². The van der Waals surface area contributed by atoms with Gasteiger partial charge in [-0.15, -0.1) is 0 Å². The third-order valence-corrected chi connectivity index (χ3v) is 8.22. The molecule has 7 nitrogen and oxygen atoms in total. The molecular weight excluding hydrogens is 442 g/mol. The fourth-order valence-corrected chi connectivity index (χ4v) is 6.99. The minimum atomic E-state index is -0.460. The van der Waals surface area contributed by atoms with Crippen LogP contribution in [0.4, 0.5) is 0 Å². The van der Waals surface area contributed by atoms with Crippen LogP contribution in [0.2, 0.25) is 0 Å². The molecule has 1 aromatic heterocycles. The second kappa shape index (κ2) is 10.5. The van der Waals surface area contributed by atoms with Gasteiger partial charge in [-0.2, -0.15) is 0 Å². The number of carbonyl (C=O) groups excluding carboxylic acids is 2. The maximum atomic E-state index is 13.8. The lowest BCUT2D eigenvalue weighted by atomic mass is 9.65. The zero-order valence-corrected chi connectivity index (χ0v) is 22.0. The van der Waals surface area contributed by atoms with Crippen LogP contribution in [0.1, 0.15) is 106 Å². The van der Waals surface area contributed by atoms with Gasteiger partial charge in [0.25, 0.3) is 11.8 Å². The van der Waals surface area contributed by atoms with Crippen LogP contribution in [-0.4, -0.2) is 53.6 Å². The Balaban J connectivity index is 1.62. The molecule has 194 valence electrons. The Morgan fingerprint density at radius 3 is 2.37 bits per heavy atom. The topological polar surface area (TPSA) is 80.6 Å². The number of pyridine rings is 1. The van der Waals surface area contributed by atoms with Crippen LogP contribution in [0, 0.1) is 10.8 Å². The summed E-state index contributed by atoms with van der Waals surface area (Å²) in [6.07, 6.45) is 13.9. The van der Waals surface area contributed by atoms with Crippen LogP contribution in [0.25, 0.3) is 0 Å². The molecule has 2 heterocycles. The first kappa shape index (κ1) is 25.9. The number of hydrogen-bond acceptors (Lipinski definition) is 4. The minimum Gasteiger partial charge on any atom is -0.383 e. The second-order valence-electron chi connectivity index (χ2n) is 12.3. The molecule has 1 N–H and O–H groups in total. The van der Waals surface area contributed by atoms with E-state index in [4.69, 9.17) is 4.74 Å². The number of nitrogens with one attached hydrogen (secondary N) is 1. The highest BCUT2D eigenvalue weighted by molar-refractivity contribution is 5.99. The van der Waals surface area contributed by atoms with Crippen molar-refractivity contribution in [2.45, 2.75) is 104 Å². The molecule has 1 saturated heterocycles. The largest absolute Gasteiger partial charge is 0.383 e. The van der Waals surface area contributed by atoms with Crippen molar-refractivity contribution in [3.05, 3.63) is 33.7 Å². The van der Waals surface area contributed by atoms with Gasteiger partial charge >= 0.3 is 0 Å². The van der Waals surface area contributed by atoms with Crippen LogP contribution >= 0.6 is 0 Å². The lowest BCUT2D eigenvalue weighted by molar-refractivity contribution is 0.0705. The first-order valence-corrected chi connectivity index (χ1v) is 13.5. The van der Waals surface area contributed by atoms with Gasteiger partial charge in [-0.05, 0) is 42.9 Å². The van der Waals surface area contributed by atoms with Crippen LogP contribution in [-0.2, 0) is 11.3 Å². The molecule has 3 aliphatic rings. The summed E-state index contributed by atoms with van der Waals surface area (Å²) in [5, 5.41) is 3.11. The van der Waals surface area contributed by atoms with E-state index in [1.165, 1.54) is 19.3 Å². The molecule has 2 saturated carbocycles. The third-order valence-electron chi connectivity index (χ3n) is 8.22. The monoisotopic (exact) mass is 485 g/mol. The number of nitrogens with zero attached hydrogens (tertiary/aromatic N) is 2. The summed E-state index contributed by atoms with van der Waals surface area (Å²) < 4.78 is 6.98. The Morgan fingerprint density at radius 1 is 1.03 bits per heavy atom. The molecule has 2 bridgehead atoms. The van der Waals surface area contributed by atoms with E-state index in [1.807, 2.05) is 4.90 Å². The highest BCUT2D eigenvalue weighted by atomic mass is 16.5. The van der Waals surface area contributed by atoms with Crippen molar-refractivity contribution in [1.82, 2.24) is 14.8 Å². The van der Waals surface area contributed by atoms with E-state index in [9.17, 15) is 14.4 Å². The first-order valence-electron chi connectivity index (χ1n) is 13.5. The summed E-state index contributed by atoms with van der Waals surface area (Å²) in [6.45, 7) is 8.35. The van der Waals surface area contributed by atoms with Gasteiger partial charge in [0.05, 0.1) is 6.61 Å². The predicted molar refractivity (Wildman–Crippen MR) is 137 cm³/mol. The predicted octanol–water partition coefficient (Wildman–Crippen LogP) is 4.38. The molecule has 0 spiro atoms. The van der Waals surface area contributed by atoms with Gasteiger partial charge in [-0.3, -0.25) is 14.4 Å². The zero-order valence-electron chi connectivity index (χ0n) is 22.0. The Hall–Kier alpha value is -2.15. The number of amides is 2. The third kappa shape index (κ3) is 5.99. The molecule has 0 radical (unpaired) electrons. The second-order valence-corrected chi connectivity index (χ2v) is 12.3. The van der Waals surface area contributed by atoms with Gasteiger partial charge in [-0.25, -0.2) is 0 Å². The van der Waals surface area contributed by atoms with Crippen molar-refractivity contribution in [2.24, 2.45) is 10.8 Å². The summed E-state index contributed by atoms with van der Waals surface area (Å²) in [6, 6.07) is 0.212. The number of carbonyl (C=O) groups is 2. The number of aromatic nitrogens is 1. The maximum Gasteiger partial charge on any atom is 0.259 e. The number of rotatable bonds is 6. The van der Waals surface area contributed by atoms with Crippen molar-refractivity contribution < 1.29 is 14.3 Å². The zero-order chi connectivity index (χ0) is 25.2. The van der Waals surface area contributed by atoms with Crippen molar-refractivity contribution in [3.63, 3.8) is 0 Å². The van der Waals surface area contributed by atoms with E-state index in [-0.39, 0.29) is 45.9 Å². The fourth-order valence-electron chi connectivity index (χ4n) is 6.99. The van der Waals surface area contributed by atoms with E-state index in [0.29, 0.717) is 19.7 Å². The molecular formula is C28H43N3O4. The number of fused-ring (bicyclic) bond motifs is 2. The van der Waals surface area contributed by atoms with Gasteiger partial charge in [0.2, 0.25) is 5.43 Å². The fraction of sp³-hybridized carbons (Fsp3) is 0.750. The quantitative estimate of drug-likeness (QED) is 0.649. The molecule has 0 aromatic carbocycles. The molecule has 2 amide bonds. The van der Waals surface area contributed by atoms with E-state index in [1.54, 1.807) is 24.1 Å². The molecule has 2 aliphatic carbocycles. The minimum absolute atomic E-state index is 0.0581. The molecule has 1 aliphatic heterocycles. The molecule has 3 fully saturated rings. The summed E-state index contributed by atoms with van der Waals surface area (Å²) in [5.41, 5.74) is -0.0596. The molecule has 0 unspecified atom stereocenters. The van der Waals surface area contributed by atoms with Crippen molar-refractivity contribution in [3.8, 4) is 0 Å². The molecule has 2 atom stereocenters. The van der Waals surface area contributed by atoms with Gasteiger partial charge in [-0.1, -0.05) is 52.9 Å². The molecule has 1 aromatic rings. The summed E-state index contributed by atoms with van der Waals surface area (Å²) in [4.78, 5) is 42.5. The smallest absolute Gasteiger partial charge is 0.259 e. The first-order chi connectivity index (χ1) is 16.6. The van der Waals surface area contributed by atoms with E-state index in [2.05, 4.69) is 26.1 Å². The van der Waals surface area contributed by atoms with Crippen molar-refractivity contribution in [1.29, 1.82) is 0 Å². The Kier molecular flexibility index (Phi) is 7.74. The van der Waals surface area contributed by atoms with Crippen LogP contribution < -0.4 is 10.7 Å². The number of ether oxygens (including phenoxy) is 1. The molecule has 35 heavy (non-hydrogen) atoms. The number of likely N-dealkylation sites (tertiary alicyclic amines) is 1. The SMILES string of the molecule is COCCn1cc(C(=O)NC2CCCCCCC2)c(=O)c(C(=O)N2C[C@]3(C)C[C@H]2CC(C)(C)C3)c1. The van der Waals surface area contributed by atoms with Crippen LogP contribution in [0.3, 0.4) is 0 Å². The van der Waals surface area contributed by atoms with Gasteiger partial charge in [0, 0.05) is 44.7 Å². The van der Waals surface area contributed by atoms with Crippen molar-refractivity contribution >= 4 is 11.8 Å².